The molecule has 468 valence electrons. The first-order chi connectivity index (χ1) is 44.7. The molecule has 12 rings (SSSR count). The number of carbonyl (C=O) groups excluding carboxylic acids is 4. The van der Waals surface area contributed by atoms with Gasteiger partial charge < -0.3 is 49.5 Å². The predicted octanol–water partition coefficient (Wildman–Crippen LogP) is 14.9. The molecule has 0 aliphatic heterocycles. The van der Waals surface area contributed by atoms with Crippen LogP contribution in [-0.2, 0) is 4.74 Å². The third kappa shape index (κ3) is 13.5. The van der Waals surface area contributed by atoms with Crippen LogP contribution in [0, 0.1) is 17.5 Å². The summed E-state index contributed by atoms with van der Waals surface area (Å²) in [7, 11) is 5.79. The first-order valence-corrected chi connectivity index (χ1v) is 28.8. The maximum absolute atomic E-state index is 13.4. The molecule has 0 saturated carbocycles. The summed E-state index contributed by atoms with van der Waals surface area (Å²) in [5, 5.41) is 31.1. The van der Waals surface area contributed by atoms with Crippen molar-refractivity contribution in [1.29, 1.82) is 0 Å². The van der Waals surface area contributed by atoms with Gasteiger partial charge in [-0.15, -0.1) is 0 Å². The van der Waals surface area contributed by atoms with E-state index in [0.717, 1.165) is 0 Å². The van der Waals surface area contributed by atoms with Crippen molar-refractivity contribution < 1.29 is 70.1 Å². The molecule has 6 N–H and O–H groups in total. The van der Waals surface area contributed by atoms with E-state index in [-0.39, 0.29) is 78.5 Å². The number of aromatic nitrogens is 3. The number of nitrogens with one attached hydrogen (secondary N) is 4. The van der Waals surface area contributed by atoms with Crippen molar-refractivity contribution in [3.05, 3.63) is 225 Å². The van der Waals surface area contributed by atoms with Gasteiger partial charge in [-0.3, -0.25) is 14.4 Å². The van der Waals surface area contributed by atoms with Gasteiger partial charge in [0.05, 0.1) is 56.6 Å². The fourth-order valence-corrected chi connectivity index (χ4v) is 10.5. The van der Waals surface area contributed by atoms with Crippen LogP contribution in [0.15, 0.2) is 177 Å². The Balaban J connectivity index is 0.000000153. The fraction of sp³-hybridized carbons (Fsp3) is 0.0870. The van der Waals surface area contributed by atoms with Crippen LogP contribution in [-0.4, -0.2) is 95.6 Å². The average Bonchev–Trinajstić information content (AvgIpc) is 1.64. The largest absolute Gasteiger partial charge is 0.478 e. The lowest BCUT2D eigenvalue weighted by Crippen LogP contribution is -2.18. The van der Waals surface area contributed by atoms with E-state index in [2.05, 4.69) is 36.2 Å². The number of pyridine rings is 3. The topological polar surface area (TPSA) is 278 Å². The molecule has 0 saturated heterocycles. The van der Waals surface area contributed by atoms with Gasteiger partial charge in [0, 0.05) is 61.1 Å². The highest BCUT2D eigenvalue weighted by molar-refractivity contribution is 6.33. The number of esters is 1. The van der Waals surface area contributed by atoms with Gasteiger partial charge in [0.2, 0.25) is 17.1 Å². The lowest BCUT2D eigenvalue weighted by molar-refractivity contribution is 0.0598. The van der Waals surface area contributed by atoms with Crippen molar-refractivity contribution >= 4 is 97.9 Å². The van der Waals surface area contributed by atoms with Crippen molar-refractivity contribution in [2.75, 3.05) is 40.1 Å². The number of halogens is 5. The molecule has 6 aromatic carbocycles. The predicted molar refractivity (Wildman–Crippen MR) is 344 cm³/mol. The summed E-state index contributed by atoms with van der Waals surface area (Å²) >= 11 is 12.8. The summed E-state index contributed by atoms with van der Waals surface area (Å²) in [5.74, 6) is -3.79. The number of aromatic carboxylic acids is 2. The number of rotatable bonds is 14. The Morgan fingerprint density at radius 3 is 1.11 bits per heavy atom. The van der Waals surface area contributed by atoms with Gasteiger partial charge in [0.15, 0.2) is 0 Å². The number of ether oxygens (including phenoxy) is 1. The second-order valence-electron chi connectivity index (χ2n) is 20.1. The summed E-state index contributed by atoms with van der Waals surface area (Å²) in [6, 6.07) is 41.2. The van der Waals surface area contributed by atoms with E-state index in [4.69, 9.17) is 41.2 Å². The summed E-state index contributed by atoms with van der Waals surface area (Å²) in [4.78, 5) is 85.9. The van der Waals surface area contributed by atoms with Gasteiger partial charge in [0.25, 0.3) is 17.7 Å². The Morgan fingerprint density at radius 2 is 0.774 bits per heavy atom. The summed E-state index contributed by atoms with van der Waals surface area (Å²) in [6.07, 6.45) is 0. The maximum atomic E-state index is 13.4. The van der Waals surface area contributed by atoms with Crippen LogP contribution < -0.4 is 21.3 Å². The quantitative estimate of drug-likeness (QED) is 0.0436. The fourth-order valence-electron chi connectivity index (χ4n) is 9.99. The molecule has 24 heteroatoms. The van der Waals surface area contributed by atoms with Crippen molar-refractivity contribution in [1.82, 2.24) is 30.9 Å². The van der Waals surface area contributed by atoms with Crippen molar-refractivity contribution in [3.63, 3.8) is 0 Å². The number of carboxylic acids is 2. The van der Waals surface area contributed by atoms with E-state index in [0.29, 0.717) is 84.2 Å². The number of benzene rings is 6. The van der Waals surface area contributed by atoms with Crippen LogP contribution in [0.3, 0.4) is 0 Å². The second-order valence-corrected chi connectivity index (χ2v) is 20.9. The molecule has 0 unspecified atom stereocenters. The van der Waals surface area contributed by atoms with E-state index < -0.39 is 47.2 Å². The number of methoxy groups -OCH3 is 1. The van der Waals surface area contributed by atoms with Crippen LogP contribution in [0.1, 0.15) is 69.1 Å². The molecule has 0 bridgehead atoms. The Bertz CT molecular complexity index is 4920. The number of anilines is 1. The van der Waals surface area contributed by atoms with Gasteiger partial charge >= 0.3 is 17.9 Å². The Kier molecular flexibility index (Phi) is 19.1. The Morgan fingerprint density at radius 1 is 0.452 bits per heavy atom. The number of hydrogen-bond acceptors (Lipinski definition) is 14. The average molecular weight is 1300 g/mol. The summed E-state index contributed by atoms with van der Waals surface area (Å²) in [6.45, 7) is 2.48. The number of furan rings is 3. The lowest BCUT2D eigenvalue weighted by Gasteiger charge is -2.11. The molecule has 6 heterocycles. The lowest BCUT2D eigenvalue weighted by atomic mass is 10.00. The molecule has 3 amide bonds. The molecule has 6 aromatic heterocycles. The SMILES string of the molecule is CCNc1nc2oc(-c3ccc(F)cc3)c(C(=O)NC)c2cc1-c1cccc(C(=O)O)c1.CNC(=O)c1c(-c2ccc(F)cc2)oc2nc(Cl)c(-c3cccc(C(=O)O)c3)cc12.CNC(=O)c1c(-c2ccc(F)cc2)oc2nc(Cl)c(-c3cccc(C(=O)OC)c3)cc12. The zero-order chi connectivity index (χ0) is 66.4. The van der Waals surface area contributed by atoms with E-state index in [1.807, 2.05) is 6.92 Å². The molecule has 0 radical (unpaired) electrons. The highest BCUT2D eigenvalue weighted by atomic mass is 35.5. The number of nitrogens with zero attached hydrogens (tertiary/aromatic N) is 3. The number of fused-ring (bicyclic) bond motifs is 3. The van der Waals surface area contributed by atoms with Crippen molar-refractivity contribution in [2.45, 2.75) is 6.92 Å². The highest BCUT2D eigenvalue weighted by Crippen LogP contribution is 2.42. The summed E-state index contributed by atoms with van der Waals surface area (Å²) < 4.78 is 62.5. The monoisotopic (exact) mass is 1300 g/mol. The zero-order valence-electron chi connectivity index (χ0n) is 49.5. The molecule has 0 aliphatic rings. The molecule has 0 aliphatic carbocycles. The molecular weight excluding hydrogens is 1250 g/mol. The van der Waals surface area contributed by atoms with E-state index in [1.165, 1.54) is 119 Å². The van der Waals surface area contributed by atoms with Crippen LogP contribution in [0.25, 0.3) is 101 Å². The minimum Gasteiger partial charge on any atom is -0.478 e. The molecule has 0 spiro atoms. The Labute approximate surface area is 535 Å². The number of hydrogen-bond donors (Lipinski definition) is 6. The first kappa shape index (κ1) is 64.4. The van der Waals surface area contributed by atoms with Crippen molar-refractivity contribution in [2.24, 2.45) is 0 Å². The molecule has 93 heavy (non-hydrogen) atoms. The van der Waals surface area contributed by atoms with Crippen LogP contribution >= 0.6 is 23.2 Å². The van der Waals surface area contributed by atoms with Crippen LogP contribution in [0.5, 0.6) is 0 Å². The van der Waals surface area contributed by atoms with Gasteiger partial charge in [-0.25, -0.2) is 37.5 Å². The third-order valence-corrected chi connectivity index (χ3v) is 15.0. The highest BCUT2D eigenvalue weighted by Gasteiger charge is 2.28. The minimum absolute atomic E-state index is 0.0906. The number of carboxylic acid groups (broad SMARTS) is 2. The minimum atomic E-state index is -1.07. The third-order valence-electron chi connectivity index (χ3n) is 14.4. The first-order valence-electron chi connectivity index (χ1n) is 28.0. The summed E-state index contributed by atoms with van der Waals surface area (Å²) in [5.41, 5.74) is 6.75. The second kappa shape index (κ2) is 27.6. The van der Waals surface area contributed by atoms with Gasteiger partial charge in [-0.2, -0.15) is 4.98 Å². The van der Waals surface area contributed by atoms with Crippen LogP contribution in [0.2, 0.25) is 10.3 Å². The maximum Gasteiger partial charge on any atom is 0.337 e. The standard InChI is InChI=1S/C24H20FN3O4.C23H16ClFN2O4.C22H14ClFN2O4/c1-3-27-21-17(14-5-4-6-15(11-14)24(30)31)12-18-19(22(29)26-2)20(32-23(18)28-21)13-7-9-16(25)10-8-13;1-26-21(28)18-17-11-16(13-4-3-5-14(10-13)23(29)30-2)20(24)27-22(17)31-19(18)12-6-8-15(25)9-7-12;1-25-20(27)17-16-10-15(12-3-2-4-13(9-12)22(28)29)19(23)26-21(16)30-18(17)11-5-7-14(24)8-6-11/h4-12H,3H2,1-2H3,(H,26,29)(H,27,28)(H,30,31);3-11H,1-2H3,(H,26,28);2-10H,1H3,(H,25,27)(H,28,29). The van der Waals surface area contributed by atoms with Gasteiger partial charge in [0.1, 0.15) is 50.9 Å². The van der Waals surface area contributed by atoms with Crippen molar-refractivity contribution in [3.8, 4) is 67.4 Å². The van der Waals surface area contributed by atoms with E-state index >= 15 is 0 Å². The molecule has 0 atom stereocenters. The molecular formula is C69H50Cl2F3N7O12. The van der Waals surface area contributed by atoms with E-state index in [9.17, 15) is 52.2 Å². The van der Waals surface area contributed by atoms with E-state index in [1.54, 1.807) is 72.8 Å². The van der Waals surface area contributed by atoms with Crippen LogP contribution in [0.4, 0.5) is 19.0 Å². The van der Waals surface area contributed by atoms with Gasteiger partial charge in [-0.1, -0.05) is 59.6 Å². The molecule has 12 aromatic rings. The zero-order valence-corrected chi connectivity index (χ0v) is 51.0. The van der Waals surface area contributed by atoms with Gasteiger partial charge in [-0.05, 0) is 151 Å². The molecule has 0 fully saturated rings. The molecule has 19 nitrogen and oxygen atoms in total. The smallest absolute Gasteiger partial charge is 0.337 e. The number of amides is 3. The number of carbonyl (C=O) groups is 6. The normalized spacial score (nSPS) is 10.9. The Hall–Kier alpha value is -11.6.